The molecule has 56 heavy (non-hydrogen) atoms. The molecule has 1 aliphatic carbocycles. The molecule has 1 unspecified atom stereocenters. The summed E-state index contributed by atoms with van der Waals surface area (Å²) in [6, 6.07) is 74.0. The molecule has 2 aliphatic rings. The van der Waals surface area contributed by atoms with Crippen LogP contribution in [0.1, 0.15) is 39.5 Å². The van der Waals surface area contributed by atoms with Gasteiger partial charge in [0.05, 0.1) is 16.4 Å². The molecule has 2 heteroatoms. The Balaban J connectivity index is 1.07. The van der Waals surface area contributed by atoms with E-state index >= 15 is 0 Å². The Hall–Kier alpha value is -7.16. The maximum absolute atomic E-state index is 3.97. The van der Waals surface area contributed by atoms with E-state index in [0.717, 1.165) is 5.69 Å². The SMILES string of the molecule is C1=C(c2ccc(C3(c4ccccc4)c4ccccc4-c4ccccc43)cc2)c2ccccc2NC1n1c2ccc3ccccc3c2c2c3ccccc3ccc21. The molecule has 1 aromatic heterocycles. The molecule has 9 aromatic carbocycles. The Bertz CT molecular complexity index is 3080. The van der Waals surface area contributed by atoms with Gasteiger partial charge in [-0.05, 0) is 90.3 Å². The monoisotopic (exact) mass is 712 g/mol. The van der Waals surface area contributed by atoms with Gasteiger partial charge in [0.1, 0.15) is 6.17 Å². The normalized spacial score (nSPS) is 15.4. The molecule has 0 fully saturated rings. The van der Waals surface area contributed by atoms with Crippen LogP contribution in [0.4, 0.5) is 5.69 Å². The Morgan fingerprint density at radius 1 is 0.411 bits per heavy atom. The standard InChI is InChI=1S/C54H36N2/c1-2-16-38(17-3-1)54(46-23-11-8-20-42(46)43-21-9-12-24-47(43)54)39-30-26-37(27-31-39)45-34-51(55-48-25-13-10-22-44(45)48)56-49-32-28-35-14-4-6-18-40(35)52(49)53-41-19-7-5-15-36(41)29-33-50(53)56/h1-34,51,55H. The minimum Gasteiger partial charge on any atom is -0.361 e. The highest BCUT2D eigenvalue weighted by atomic mass is 15.2. The first kappa shape index (κ1) is 31.2. The van der Waals surface area contributed by atoms with Crippen LogP contribution < -0.4 is 5.32 Å². The second kappa shape index (κ2) is 11.9. The molecule has 0 amide bonds. The molecule has 1 N–H and O–H groups in total. The lowest BCUT2D eigenvalue weighted by Gasteiger charge is -2.34. The molecule has 1 atom stereocenters. The highest BCUT2D eigenvalue weighted by Crippen LogP contribution is 2.56. The van der Waals surface area contributed by atoms with E-state index in [1.165, 1.54) is 93.4 Å². The molecule has 0 spiro atoms. The number of nitrogens with one attached hydrogen (secondary N) is 1. The quantitative estimate of drug-likeness (QED) is 0.192. The Morgan fingerprint density at radius 3 is 1.54 bits per heavy atom. The van der Waals surface area contributed by atoms with E-state index in [1.54, 1.807) is 0 Å². The Kier molecular flexibility index (Phi) is 6.64. The topological polar surface area (TPSA) is 17.0 Å². The molecule has 10 aromatic rings. The summed E-state index contributed by atoms with van der Waals surface area (Å²) < 4.78 is 2.52. The third-order valence-corrected chi connectivity index (χ3v) is 12.5. The Morgan fingerprint density at radius 2 is 0.911 bits per heavy atom. The smallest absolute Gasteiger partial charge is 0.124 e. The first-order chi connectivity index (χ1) is 27.8. The summed E-state index contributed by atoms with van der Waals surface area (Å²) in [5.41, 5.74) is 14.6. The van der Waals surface area contributed by atoms with Crippen molar-refractivity contribution in [2.45, 2.75) is 11.6 Å². The van der Waals surface area contributed by atoms with E-state index in [4.69, 9.17) is 0 Å². The van der Waals surface area contributed by atoms with Gasteiger partial charge in [0.2, 0.25) is 0 Å². The van der Waals surface area contributed by atoms with E-state index < -0.39 is 5.41 Å². The summed E-state index contributed by atoms with van der Waals surface area (Å²) in [5.74, 6) is 0. The lowest BCUT2D eigenvalue weighted by atomic mass is 9.67. The lowest BCUT2D eigenvalue weighted by molar-refractivity contribution is 0.722. The summed E-state index contributed by atoms with van der Waals surface area (Å²) >= 11 is 0. The molecule has 12 rings (SSSR count). The molecule has 1 aliphatic heterocycles. The number of hydrogen-bond acceptors (Lipinski definition) is 1. The van der Waals surface area contributed by atoms with Crippen LogP contribution >= 0.6 is 0 Å². The fraction of sp³-hybridized carbons (Fsp3) is 0.0370. The molecule has 0 radical (unpaired) electrons. The van der Waals surface area contributed by atoms with Crippen molar-refractivity contribution < 1.29 is 0 Å². The predicted octanol–water partition coefficient (Wildman–Crippen LogP) is 13.5. The molecule has 0 saturated heterocycles. The second-order valence-corrected chi connectivity index (χ2v) is 15.2. The van der Waals surface area contributed by atoms with Crippen molar-refractivity contribution in [3.63, 3.8) is 0 Å². The number of rotatable bonds is 4. The van der Waals surface area contributed by atoms with Gasteiger partial charge >= 0.3 is 0 Å². The zero-order valence-electron chi connectivity index (χ0n) is 30.7. The number of hydrogen-bond donors (Lipinski definition) is 1. The van der Waals surface area contributed by atoms with Crippen molar-refractivity contribution in [3.05, 3.63) is 240 Å². The van der Waals surface area contributed by atoms with Crippen LogP contribution in [0.2, 0.25) is 0 Å². The summed E-state index contributed by atoms with van der Waals surface area (Å²) in [6.45, 7) is 0. The van der Waals surface area contributed by atoms with E-state index in [2.05, 4.69) is 216 Å². The van der Waals surface area contributed by atoms with Crippen molar-refractivity contribution in [3.8, 4) is 11.1 Å². The van der Waals surface area contributed by atoms with Gasteiger partial charge in [-0.25, -0.2) is 0 Å². The average Bonchev–Trinajstić information content (AvgIpc) is 3.78. The van der Waals surface area contributed by atoms with Crippen LogP contribution in [0.15, 0.2) is 206 Å². The summed E-state index contributed by atoms with van der Waals surface area (Å²) in [7, 11) is 0. The predicted molar refractivity (Wildman–Crippen MR) is 234 cm³/mol. The summed E-state index contributed by atoms with van der Waals surface area (Å²) in [5, 5.41) is 11.7. The number of para-hydroxylation sites is 1. The first-order valence-corrected chi connectivity index (χ1v) is 19.6. The van der Waals surface area contributed by atoms with Gasteiger partial charge in [-0.15, -0.1) is 0 Å². The van der Waals surface area contributed by atoms with E-state index in [9.17, 15) is 0 Å². The van der Waals surface area contributed by atoms with Crippen LogP contribution in [0.25, 0.3) is 60.1 Å². The van der Waals surface area contributed by atoms with E-state index in [1.807, 2.05) is 0 Å². The van der Waals surface area contributed by atoms with Gasteiger partial charge in [0.15, 0.2) is 0 Å². The highest BCUT2D eigenvalue weighted by molar-refractivity contribution is 6.28. The molecular weight excluding hydrogens is 677 g/mol. The highest BCUT2D eigenvalue weighted by Gasteiger charge is 2.45. The van der Waals surface area contributed by atoms with Crippen LogP contribution in [0, 0.1) is 0 Å². The van der Waals surface area contributed by atoms with Crippen molar-refractivity contribution in [2.24, 2.45) is 0 Å². The van der Waals surface area contributed by atoms with E-state index in [0.29, 0.717) is 0 Å². The van der Waals surface area contributed by atoms with Gasteiger partial charge in [-0.1, -0.05) is 182 Å². The van der Waals surface area contributed by atoms with Crippen LogP contribution in [0.5, 0.6) is 0 Å². The number of nitrogens with zero attached hydrogens (tertiary/aromatic N) is 1. The second-order valence-electron chi connectivity index (χ2n) is 15.2. The first-order valence-electron chi connectivity index (χ1n) is 19.6. The minimum absolute atomic E-state index is 0.119. The lowest BCUT2D eigenvalue weighted by Crippen LogP contribution is -2.28. The molecular formula is C54H36N2. The molecule has 262 valence electrons. The minimum atomic E-state index is -0.426. The summed E-state index contributed by atoms with van der Waals surface area (Å²) in [4.78, 5) is 0. The number of fused-ring (bicyclic) bond motifs is 11. The molecule has 2 heterocycles. The van der Waals surface area contributed by atoms with Crippen molar-refractivity contribution >= 4 is 54.6 Å². The van der Waals surface area contributed by atoms with Gasteiger partial charge in [-0.3, -0.25) is 0 Å². The maximum atomic E-state index is 3.97. The van der Waals surface area contributed by atoms with Gasteiger partial charge in [0, 0.05) is 22.0 Å². The van der Waals surface area contributed by atoms with Crippen molar-refractivity contribution in [1.82, 2.24) is 4.57 Å². The van der Waals surface area contributed by atoms with Crippen LogP contribution in [-0.4, -0.2) is 4.57 Å². The number of benzene rings is 9. The van der Waals surface area contributed by atoms with Crippen molar-refractivity contribution in [2.75, 3.05) is 5.32 Å². The van der Waals surface area contributed by atoms with Crippen molar-refractivity contribution in [1.29, 1.82) is 0 Å². The van der Waals surface area contributed by atoms with Crippen LogP contribution in [-0.2, 0) is 5.41 Å². The fourth-order valence-corrected chi connectivity index (χ4v) is 10.2. The zero-order chi connectivity index (χ0) is 36.8. The molecule has 0 bridgehead atoms. The third-order valence-electron chi connectivity index (χ3n) is 12.5. The maximum Gasteiger partial charge on any atom is 0.124 e. The van der Waals surface area contributed by atoms with E-state index in [-0.39, 0.29) is 6.17 Å². The number of aromatic nitrogens is 1. The fourth-order valence-electron chi connectivity index (χ4n) is 10.2. The number of anilines is 1. The third kappa shape index (κ3) is 4.27. The molecule has 2 nitrogen and oxygen atoms in total. The largest absolute Gasteiger partial charge is 0.361 e. The van der Waals surface area contributed by atoms with Crippen LogP contribution in [0.3, 0.4) is 0 Å². The average molecular weight is 713 g/mol. The van der Waals surface area contributed by atoms with Gasteiger partial charge in [-0.2, -0.15) is 0 Å². The molecule has 0 saturated carbocycles. The van der Waals surface area contributed by atoms with Gasteiger partial charge in [0.25, 0.3) is 0 Å². The zero-order valence-corrected chi connectivity index (χ0v) is 30.7. The summed E-state index contributed by atoms with van der Waals surface area (Å²) in [6.07, 6.45) is 2.32. The Labute approximate surface area is 325 Å². The van der Waals surface area contributed by atoms with Gasteiger partial charge < -0.3 is 9.88 Å².